The van der Waals surface area contributed by atoms with Gasteiger partial charge in [0.05, 0.1) is 11.5 Å². The minimum Gasteiger partial charge on any atom is -0.494 e. The monoisotopic (exact) mass is 414 g/mol. The molecule has 0 aromatic heterocycles. The summed E-state index contributed by atoms with van der Waals surface area (Å²) in [6.07, 6.45) is 0. The molecule has 0 unspecified atom stereocenters. The van der Waals surface area contributed by atoms with Crippen LogP contribution in [0.3, 0.4) is 0 Å². The van der Waals surface area contributed by atoms with E-state index in [4.69, 9.17) is 4.74 Å². The van der Waals surface area contributed by atoms with Crippen molar-refractivity contribution in [3.05, 3.63) is 84.2 Å². The first-order chi connectivity index (χ1) is 13.9. The summed E-state index contributed by atoms with van der Waals surface area (Å²) in [5.74, 6) is -0.201. The zero-order chi connectivity index (χ0) is 20.9. The molecule has 150 valence electrons. The van der Waals surface area contributed by atoms with Crippen molar-refractivity contribution in [3.8, 4) is 5.75 Å². The van der Waals surface area contributed by atoms with E-state index in [-0.39, 0.29) is 4.90 Å². The predicted molar refractivity (Wildman–Crippen MR) is 109 cm³/mol. The first kappa shape index (κ1) is 20.3. The van der Waals surface area contributed by atoms with Crippen molar-refractivity contribution in [2.75, 3.05) is 16.6 Å². The van der Waals surface area contributed by atoms with Gasteiger partial charge >= 0.3 is 0 Å². The molecule has 0 bridgehead atoms. The van der Waals surface area contributed by atoms with Crippen molar-refractivity contribution >= 4 is 27.3 Å². The van der Waals surface area contributed by atoms with Gasteiger partial charge in [-0.05, 0) is 79.7 Å². The van der Waals surface area contributed by atoms with Crippen molar-refractivity contribution in [3.63, 3.8) is 0 Å². The fraction of sp³-hybridized carbons (Fsp3) is 0.0952. The molecule has 0 aliphatic heterocycles. The molecule has 0 spiro atoms. The van der Waals surface area contributed by atoms with Crippen LogP contribution in [0.5, 0.6) is 5.75 Å². The van der Waals surface area contributed by atoms with Gasteiger partial charge in [-0.2, -0.15) is 0 Å². The molecular weight excluding hydrogens is 395 g/mol. The molecular formula is C21H19FN2O4S. The van der Waals surface area contributed by atoms with Crippen molar-refractivity contribution in [1.82, 2.24) is 0 Å². The summed E-state index contributed by atoms with van der Waals surface area (Å²) in [7, 11) is -3.77. The number of hydrogen-bond acceptors (Lipinski definition) is 4. The molecule has 29 heavy (non-hydrogen) atoms. The predicted octanol–water partition coefficient (Wildman–Crippen LogP) is 4.28. The normalized spacial score (nSPS) is 11.0. The Morgan fingerprint density at radius 3 is 2.07 bits per heavy atom. The van der Waals surface area contributed by atoms with Gasteiger partial charge in [-0.25, -0.2) is 12.8 Å². The van der Waals surface area contributed by atoms with Crippen molar-refractivity contribution in [2.24, 2.45) is 0 Å². The summed E-state index contributed by atoms with van der Waals surface area (Å²) in [5, 5.41) is 2.64. The smallest absolute Gasteiger partial charge is 0.261 e. The van der Waals surface area contributed by atoms with Gasteiger partial charge in [0.25, 0.3) is 15.9 Å². The van der Waals surface area contributed by atoms with Gasteiger partial charge in [0, 0.05) is 16.9 Å². The highest BCUT2D eigenvalue weighted by molar-refractivity contribution is 7.92. The zero-order valence-electron chi connectivity index (χ0n) is 15.6. The standard InChI is InChI=1S/C21H19FN2O4S/c1-2-28-19-11-13-20(14-12-19)29(26,27)24-18-7-3-15(4-8-18)21(25)23-17-9-5-16(22)6-10-17/h3-14,24H,2H2,1H3,(H,23,25). The lowest BCUT2D eigenvalue weighted by molar-refractivity contribution is 0.102. The lowest BCUT2D eigenvalue weighted by Gasteiger charge is -2.10. The van der Waals surface area contributed by atoms with E-state index >= 15 is 0 Å². The molecule has 0 heterocycles. The summed E-state index contributed by atoms with van der Waals surface area (Å²) >= 11 is 0. The largest absolute Gasteiger partial charge is 0.494 e. The Labute approximate surface area is 168 Å². The van der Waals surface area contributed by atoms with Gasteiger partial charge in [0.2, 0.25) is 0 Å². The topological polar surface area (TPSA) is 84.5 Å². The average molecular weight is 414 g/mol. The van der Waals surface area contributed by atoms with E-state index in [1.807, 2.05) is 6.92 Å². The summed E-state index contributed by atoms with van der Waals surface area (Å²) in [6, 6.07) is 17.4. The Kier molecular flexibility index (Phi) is 6.13. The van der Waals surface area contributed by atoms with Crippen LogP contribution in [0.2, 0.25) is 0 Å². The summed E-state index contributed by atoms with van der Waals surface area (Å²) in [4.78, 5) is 12.3. The maximum absolute atomic E-state index is 12.9. The van der Waals surface area contributed by atoms with E-state index in [0.717, 1.165) is 0 Å². The van der Waals surface area contributed by atoms with Crippen molar-refractivity contribution in [1.29, 1.82) is 0 Å². The van der Waals surface area contributed by atoms with Gasteiger partial charge < -0.3 is 10.1 Å². The van der Waals surface area contributed by atoms with Crippen molar-refractivity contribution < 1.29 is 22.3 Å². The minimum atomic E-state index is -3.77. The molecule has 1 amide bonds. The molecule has 3 rings (SSSR count). The number of amides is 1. The maximum atomic E-state index is 12.9. The Hall–Kier alpha value is -3.39. The fourth-order valence-corrected chi connectivity index (χ4v) is 3.58. The minimum absolute atomic E-state index is 0.0964. The number of rotatable bonds is 7. The third-order valence-corrected chi connectivity index (χ3v) is 5.34. The van der Waals surface area contributed by atoms with Crippen LogP contribution >= 0.6 is 0 Å². The van der Waals surface area contributed by atoms with Crippen molar-refractivity contribution in [2.45, 2.75) is 11.8 Å². The molecule has 0 saturated heterocycles. The van der Waals surface area contributed by atoms with E-state index < -0.39 is 21.7 Å². The molecule has 0 saturated carbocycles. The zero-order valence-corrected chi connectivity index (χ0v) is 16.4. The van der Waals surface area contributed by atoms with Gasteiger partial charge in [-0.15, -0.1) is 0 Å². The van der Waals surface area contributed by atoms with Crippen LogP contribution in [0.25, 0.3) is 0 Å². The lowest BCUT2D eigenvalue weighted by Crippen LogP contribution is -2.14. The first-order valence-electron chi connectivity index (χ1n) is 8.80. The molecule has 2 N–H and O–H groups in total. The highest BCUT2D eigenvalue weighted by atomic mass is 32.2. The van der Waals surface area contributed by atoms with Gasteiger partial charge in [-0.3, -0.25) is 9.52 Å². The number of hydrogen-bond donors (Lipinski definition) is 2. The highest BCUT2D eigenvalue weighted by Gasteiger charge is 2.15. The quantitative estimate of drug-likeness (QED) is 0.604. The number of sulfonamides is 1. The number of nitrogens with one attached hydrogen (secondary N) is 2. The number of carbonyl (C=O) groups excluding carboxylic acids is 1. The van der Waals surface area contributed by atoms with E-state index in [0.29, 0.717) is 29.3 Å². The van der Waals surface area contributed by atoms with Crippen LogP contribution < -0.4 is 14.8 Å². The molecule has 6 nitrogen and oxygen atoms in total. The third-order valence-electron chi connectivity index (χ3n) is 3.95. The third kappa shape index (κ3) is 5.32. The molecule has 0 fully saturated rings. The summed E-state index contributed by atoms with van der Waals surface area (Å²) in [5.41, 5.74) is 1.10. The van der Waals surface area contributed by atoms with Crippen LogP contribution in [0.1, 0.15) is 17.3 Å². The van der Waals surface area contributed by atoms with Gasteiger partial charge in [0.15, 0.2) is 0 Å². The van der Waals surface area contributed by atoms with E-state index in [2.05, 4.69) is 10.0 Å². The van der Waals surface area contributed by atoms with Gasteiger partial charge in [-0.1, -0.05) is 0 Å². The second-order valence-corrected chi connectivity index (χ2v) is 7.73. The second-order valence-electron chi connectivity index (χ2n) is 6.05. The van der Waals surface area contributed by atoms with Crippen LogP contribution in [-0.4, -0.2) is 20.9 Å². The van der Waals surface area contributed by atoms with Crippen LogP contribution in [0, 0.1) is 5.82 Å². The number of anilines is 2. The van der Waals surface area contributed by atoms with Crippen LogP contribution in [0.4, 0.5) is 15.8 Å². The SMILES string of the molecule is CCOc1ccc(S(=O)(=O)Nc2ccc(C(=O)Nc3ccc(F)cc3)cc2)cc1. The first-order valence-corrected chi connectivity index (χ1v) is 10.3. The molecule has 3 aromatic carbocycles. The van der Waals surface area contributed by atoms with Crippen LogP contribution in [-0.2, 0) is 10.0 Å². The highest BCUT2D eigenvalue weighted by Crippen LogP contribution is 2.20. The molecule has 8 heteroatoms. The molecule has 0 radical (unpaired) electrons. The lowest BCUT2D eigenvalue weighted by atomic mass is 10.2. The molecule has 3 aromatic rings. The second kappa shape index (κ2) is 8.74. The Balaban J connectivity index is 1.67. The van der Waals surface area contributed by atoms with E-state index in [9.17, 15) is 17.6 Å². The summed E-state index contributed by atoms with van der Waals surface area (Å²) in [6.45, 7) is 2.33. The Morgan fingerprint density at radius 2 is 1.48 bits per heavy atom. The fourth-order valence-electron chi connectivity index (χ4n) is 2.52. The summed E-state index contributed by atoms with van der Waals surface area (Å²) < 4.78 is 45.7. The average Bonchev–Trinajstić information content (AvgIpc) is 2.71. The Bertz CT molecular complexity index is 1080. The number of ether oxygens (including phenoxy) is 1. The van der Waals surface area contributed by atoms with Crippen LogP contribution in [0.15, 0.2) is 77.7 Å². The Morgan fingerprint density at radius 1 is 0.897 bits per heavy atom. The molecule has 0 aliphatic rings. The number of carbonyl (C=O) groups is 1. The van der Waals surface area contributed by atoms with Gasteiger partial charge in [0.1, 0.15) is 11.6 Å². The molecule has 0 aliphatic carbocycles. The number of benzene rings is 3. The molecule has 0 atom stereocenters. The number of halogens is 1. The van der Waals surface area contributed by atoms with E-state index in [1.165, 1.54) is 60.7 Å². The van der Waals surface area contributed by atoms with E-state index in [1.54, 1.807) is 12.1 Å². The maximum Gasteiger partial charge on any atom is 0.261 e.